The molecule has 29 heavy (non-hydrogen) atoms. The number of aromatic nitrogens is 2. The highest BCUT2D eigenvalue weighted by molar-refractivity contribution is 9.10. The van der Waals surface area contributed by atoms with Crippen LogP contribution in [-0.4, -0.2) is 9.97 Å². The Morgan fingerprint density at radius 1 is 0.517 bits per heavy atom. The van der Waals surface area contributed by atoms with E-state index in [1.165, 1.54) is 0 Å². The molecule has 0 aliphatic rings. The number of pyridine rings is 2. The Morgan fingerprint density at radius 3 is 2.00 bits per heavy atom. The van der Waals surface area contributed by atoms with Gasteiger partial charge in [-0.25, -0.2) is 4.98 Å². The summed E-state index contributed by atoms with van der Waals surface area (Å²) in [6, 6.07) is 33.3. The number of nitrogens with zero attached hydrogens (tertiary/aromatic N) is 2. The van der Waals surface area contributed by atoms with Gasteiger partial charge in [0.25, 0.3) is 0 Å². The van der Waals surface area contributed by atoms with Gasteiger partial charge in [0.15, 0.2) is 0 Å². The van der Waals surface area contributed by atoms with Gasteiger partial charge in [-0.3, -0.25) is 4.98 Å². The van der Waals surface area contributed by atoms with Gasteiger partial charge in [-0.05, 0) is 46.8 Å². The third-order valence-corrected chi connectivity index (χ3v) is 5.49. The van der Waals surface area contributed by atoms with Crippen LogP contribution in [0.4, 0.5) is 0 Å². The normalized spacial score (nSPS) is 10.9. The van der Waals surface area contributed by atoms with Crippen LogP contribution in [0.5, 0.6) is 0 Å². The van der Waals surface area contributed by atoms with E-state index in [1.807, 2.05) is 36.5 Å². The summed E-state index contributed by atoms with van der Waals surface area (Å²) >= 11 is 3.52. The van der Waals surface area contributed by atoms with E-state index in [1.54, 1.807) is 0 Å². The average Bonchev–Trinajstić information content (AvgIpc) is 2.79. The van der Waals surface area contributed by atoms with Crippen LogP contribution in [0.3, 0.4) is 0 Å². The Kier molecular flexibility index (Phi) is 4.66. The molecular weight excluding hydrogens is 420 g/mol. The summed E-state index contributed by atoms with van der Waals surface area (Å²) in [7, 11) is 0. The quantitative estimate of drug-likeness (QED) is 0.294. The van der Waals surface area contributed by atoms with E-state index in [4.69, 9.17) is 9.97 Å². The molecule has 0 aliphatic heterocycles. The van der Waals surface area contributed by atoms with Crippen molar-refractivity contribution >= 4 is 26.7 Å². The molecule has 138 valence electrons. The molecule has 3 aromatic carbocycles. The first-order chi connectivity index (χ1) is 14.3. The molecule has 0 fully saturated rings. The average molecular weight is 437 g/mol. The van der Waals surface area contributed by atoms with Crippen molar-refractivity contribution in [3.05, 3.63) is 108 Å². The third kappa shape index (κ3) is 3.69. The maximum Gasteiger partial charge on any atom is 0.0900 e. The molecular formula is C26H17BrN2. The van der Waals surface area contributed by atoms with Gasteiger partial charge < -0.3 is 0 Å². The summed E-state index contributed by atoms with van der Waals surface area (Å²) in [5, 5.41) is 2.29. The molecule has 0 N–H and O–H groups in total. The largest absolute Gasteiger partial charge is 0.254 e. The van der Waals surface area contributed by atoms with E-state index in [0.29, 0.717) is 0 Å². The Hall–Kier alpha value is -3.30. The first kappa shape index (κ1) is 17.8. The molecule has 0 radical (unpaired) electrons. The Bertz CT molecular complexity index is 1300. The fourth-order valence-corrected chi connectivity index (χ4v) is 3.72. The van der Waals surface area contributed by atoms with Gasteiger partial charge in [-0.1, -0.05) is 82.7 Å². The van der Waals surface area contributed by atoms with Crippen molar-refractivity contribution in [3.8, 4) is 33.8 Å². The minimum atomic E-state index is 0.870. The van der Waals surface area contributed by atoms with Crippen LogP contribution in [0.1, 0.15) is 0 Å². The molecule has 3 heteroatoms. The second-order valence-electron chi connectivity index (χ2n) is 6.92. The zero-order chi connectivity index (χ0) is 19.6. The molecule has 0 amide bonds. The molecule has 0 unspecified atom stereocenters. The lowest BCUT2D eigenvalue weighted by atomic mass is 10.0. The van der Waals surface area contributed by atoms with Gasteiger partial charge in [0.2, 0.25) is 0 Å². The molecule has 0 spiro atoms. The van der Waals surface area contributed by atoms with Crippen molar-refractivity contribution in [3.63, 3.8) is 0 Å². The monoisotopic (exact) mass is 436 g/mol. The van der Waals surface area contributed by atoms with Crippen LogP contribution in [0.25, 0.3) is 44.5 Å². The van der Waals surface area contributed by atoms with Crippen LogP contribution in [0.2, 0.25) is 0 Å². The molecule has 2 heterocycles. The van der Waals surface area contributed by atoms with Gasteiger partial charge in [0.1, 0.15) is 0 Å². The molecule has 0 atom stereocenters. The molecule has 2 aromatic heterocycles. The first-order valence-corrected chi connectivity index (χ1v) is 10.2. The van der Waals surface area contributed by atoms with E-state index >= 15 is 0 Å². The summed E-state index contributed by atoms with van der Waals surface area (Å²) in [6.07, 6.45) is 1.92. The summed E-state index contributed by atoms with van der Waals surface area (Å²) in [5.41, 5.74) is 6.05. The summed E-state index contributed by atoms with van der Waals surface area (Å²) < 4.78 is 1.06. The zero-order valence-corrected chi connectivity index (χ0v) is 17.2. The second kappa shape index (κ2) is 7.61. The fraction of sp³-hybridized carbons (Fsp3) is 0. The lowest BCUT2D eigenvalue weighted by molar-refractivity contribution is 1.26. The minimum absolute atomic E-state index is 0.870. The maximum absolute atomic E-state index is 4.95. The highest BCUT2D eigenvalue weighted by atomic mass is 79.9. The van der Waals surface area contributed by atoms with Crippen molar-refractivity contribution in [1.29, 1.82) is 0 Å². The van der Waals surface area contributed by atoms with Gasteiger partial charge in [0.05, 0.1) is 17.1 Å². The molecule has 0 aliphatic carbocycles. The second-order valence-corrected chi connectivity index (χ2v) is 7.83. The van der Waals surface area contributed by atoms with Crippen LogP contribution >= 0.6 is 15.9 Å². The molecule has 5 rings (SSSR count). The Balaban J connectivity index is 1.71. The highest BCUT2D eigenvalue weighted by Crippen LogP contribution is 2.31. The number of hydrogen-bond donors (Lipinski definition) is 0. The van der Waals surface area contributed by atoms with Gasteiger partial charge >= 0.3 is 0 Å². The lowest BCUT2D eigenvalue weighted by Crippen LogP contribution is -1.93. The summed E-state index contributed by atoms with van der Waals surface area (Å²) in [5.74, 6) is 0. The van der Waals surface area contributed by atoms with Crippen LogP contribution in [0.15, 0.2) is 108 Å². The standard InChI is InChI=1S/C26H17BrN2/c27-23-12-10-18(11-13-23)22-15-24(19-6-2-1-3-7-19)29-26(16-22)25-14-20-8-4-5-9-21(20)17-28-25/h1-17H. The lowest BCUT2D eigenvalue weighted by Gasteiger charge is -2.10. The SMILES string of the molecule is Brc1ccc(-c2cc(-c3ccccc3)nc(-c3cc4ccccc4cn3)c2)cc1. The van der Waals surface area contributed by atoms with Crippen molar-refractivity contribution in [2.24, 2.45) is 0 Å². The number of rotatable bonds is 3. The topological polar surface area (TPSA) is 25.8 Å². The van der Waals surface area contributed by atoms with Gasteiger partial charge in [-0.2, -0.15) is 0 Å². The number of benzene rings is 3. The number of fused-ring (bicyclic) bond motifs is 1. The molecule has 0 bridgehead atoms. The molecule has 0 saturated heterocycles. The van der Waals surface area contributed by atoms with E-state index in [9.17, 15) is 0 Å². The van der Waals surface area contributed by atoms with Gasteiger partial charge in [0, 0.05) is 21.6 Å². The molecule has 5 aromatic rings. The Labute approximate surface area is 178 Å². The summed E-state index contributed by atoms with van der Waals surface area (Å²) in [6.45, 7) is 0. The van der Waals surface area contributed by atoms with Crippen molar-refractivity contribution in [1.82, 2.24) is 9.97 Å². The number of hydrogen-bond acceptors (Lipinski definition) is 2. The summed E-state index contributed by atoms with van der Waals surface area (Å²) in [4.78, 5) is 9.64. The minimum Gasteiger partial charge on any atom is -0.254 e. The Morgan fingerprint density at radius 2 is 1.21 bits per heavy atom. The van der Waals surface area contributed by atoms with Gasteiger partial charge in [-0.15, -0.1) is 0 Å². The van der Waals surface area contributed by atoms with E-state index in [0.717, 1.165) is 49.0 Å². The third-order valence-electron chi connectivity index (χ3n) is 4.97. The fourth-order valence-electron chi connectivity index (χ4n) is 3.45. The highest BCUT2D eigenvalue weighted by Gasteiger charge is 2.10. The smallest absolute Gasteiger partial charge is 0.0900 e. The van der Waals surface area contributed by atoms with E-state index in [-0.39, 0.29) is 0 Å². The van der Waals surface area contributed by atoms with Crippen LogP contribution < -0.4 is 0 Å². The molecule has 2 nitrogen and oxygen atoms in total. The first-order valence-electron chi connectivity index (χ1n) is 9.45. The van der Waals surface area contributed by atoms with Crippen LogP contribution in [-0.2, 0) is 0 Å². The van der Waals surface area contributed by atoms with Crippen molar-refractivity contribution in [2.75, 3.05) is 0 Å². The van der Waals surface area contributed by atoms with Crippen molar-refractivity contribution in [2.45, 2.75) is 0 Å². The van der Waals surface area contributed by atoms with E-state index < -0.39 is 0 Å². The van der Waals surface area contributed by atoms with E-state index in [2.05, 4.69) is 82.7 Å². The van der Waals surface area contributed by atoms with Crippen molar-refractivity contribution < 1.29 is 0 Å². The number of halogens is 1. The maximum atomic E-state index is 4.95. The predicted molar refractivity (Wildman–Crippen MR) is 124 cm³/mol. The zero-order valence-electron chi connectivity index (χ0n) is 15.6. The predicted octanol–water partition coefficient (Wildman–Crippen LogP) is 7.39. The molecule has 0 saturated carbocycles. The van der Waals surface area contributed by atoms with Crippen LogP contribution in [0, 0.1) is 0 Å².